The Bertz CT molecular complexity index is 2040. The second-order valence-electron chi connectivity index (χ2n) is 21.6. The molecule has 4 aromatic carbocycles. The first-order valence-electron chi connectivity index (χ1n) is 23.5. The molecule has 0 aromatic heterocycles. The van der Waals surface area contributed by atoms with E-state index in [-0.39, 0.29) is 35.6 Å². The number of allylic oxidation sites excluding steroid dienone is 2. The van der Waals surface area contributed by atoms with Crippen LogP contribution in [0.1, 0.15) is 172 Å². The Morgan fingerprint density at radius 2 is 0.780 bits per heavy atom. The predicted molar refractivity (Wildman–Crippen MR) is 242 cm³/mol. The van der Waals surface area contributed by atoms with Gasteiger partial charge in [-0.25, -0.2) is 0 Å². The summed E-state index contributed by atoms with van der Waals surface area (Å²) in [6.07, 6.45) is 25.8. The number of fused-ring (bicyclic) bond motifs is 3. The second-order valence-corrected chi connectivity index (χ2v) is 38.3. The van der Waals surface area contributed by atoms with E-state index < -0.39 is 20.0 Å². The summed E-state index contributed by atoms with van der Waals surface area (Å²) in [6.45, 7) is 14.1. The Kier molecular flexibility index (Phi) is 12.4. The molecule has 0 amide bonds. The molecule has 5 aliphatic carbocycles. The van der Waals surface area contributed by atoms with Gasteiger partial charge < -0.3 is 24.8 Å². The summed E-state index contributed by atoms with van der Waals surface area (Å²) < 4.78 is 3.52. The van der Waals surface area contributed by atoms with Crippen LogP contribution in [0.2, 0.25) is 7.35 Å². The standard InChI is InChI=1S/2C25H29.C6H10.2ClH.Hf/c2*1-25(2,3)22-14-12-19(13-15-22)23-11-7-10-20-16-21(17-24(20)23)18-8-5-4-6-9-18;1-2-4-6-5-3-1;;;/h2*7,10-18H,4-6,8-9H2,1-3H3;1-2H,3-6H2;2*1H;/q;;;;;+2/p-2. The molecule has 4 atom stereocenters. The molecule has 0 nitrogen and oxygen atoms in total. The fourth-order valence-corrected chi connectivity index (χ4v) is 49.2. The third-order valence-corrected chi connectivity index (χ3v) is 41.0. The van der Waals surface area contributed by atoms with E-state index in [1.165, 1.54) is 123 Å². The van der Waals surface area contributed by atoms with Gasteiger partial charge in [-0.1, -0.05) is 0 Å². The molecule has 0 bridgehead atoms. The molecule has 6 aliphatic rings. The van der Waals surface area contributed by atoms with Crippen LogP contribution in [0, 0.1) is 11.8 Å². The van der Waals surface area contributed by atoms with Gasteiger partial charge in [0.25, 0.3) is 0 Å². The molecule has 1 heterocycles. The molecular formula is C56H68Cl2Hf. The molecule has 1 saturated heterocycles. The first-order valence-corrected chi connectivity index (χ1v) is 31.8. The third-order valence-electron chi connectivity index (χ3n) is 16.4. The maximum Gasteiger partial charge on any atom is -1.00 e. The zero-order valence-electron chi connectivity index (χ0n) is 36.9. The Hall–Kier alpha value is -2.19. The molecule has 1 aliphatic heterocycles. The maximum atomic E-state index is 2.86. The molecular weight excluding hydrogens is 922 g/mol. The molecule has 4 unspecified atom stereocenters. The van der Waals surface area contributed by atoms with Crippen molar-refractivity contribution in [3.8, 4) is 22.3 Å². The molecule has 59 heavy (non-hydrogen) atoms. The Morgan fingerprint density at radius 1 is 0.424 bits per heavy atom. The van der Waals surface area contributed by atoms with Crippen LogP contribution in [0.15, 0.2) is 96.1 Å². The van der Waals surface area contributed by atoms with E-state index in [0.717, 1.165) is 26.5 Å². The predicted octanol–water partition coefficient (Wildman–Crippen LogP) is 10.7. The summed E-state index contributed by atoms with van der Waals surface area (Å²) >= 11 is -3.40. The van der Waals surface area contributed by atoms with Crippen LogP contribution in [0.25, 0.3) is 34.4 Å². The first-order chi connectivity index (χ1) is 27.5. The van der Waals surface area contributed by atoms with Crippen LogP contribution in [0.4, 0.5) is 0 Å². The molecule has 310 valence electrons. The molecule has 0 radical (unpaired) electrons. The first kappa shape index (κ1) is 43.5. The second kappa shape index (κ2) is 16.8. The summed E-state index contributed by atoms with van der Waals surface area (Å²) in [7, 11) is 0. The molecule has 0 spiro atoms. The summed E-state index contributed by atoms with van der Waals surface area (Å²) in [6, 6.07) is 34.7. The molecule has 4 fully saturated rings. The minimum absolute atomic E-state index is 0. The summed E-state index contributed by atoms with van der Waals surface area (Å²) in [5, 5.41) is 0. The quantitative estimate of drug-likeness (QED) is 0.169. The summed E-state index contributed by atoms with van der Waals surface area (Å²) in [5.74, 6) is 1.53. The largest absolute Gasteiger partial charge is 1.00 e. The average Bonchev–Trinajstić information content (AvgIpc) is 3.48. The van der Waals surface area contributed by atoms with Crippen LogP contribution in [0.5, 0.6) is 0 Å². The van der Waals surface area contributed by atoms with Gasteiger partial charge in [0.05, 0.1) is 0 Å². The van der Waals surface area contributed by atoms with E-state index in [9.17, 15) is 0 Å². The van der Waals surface area contributed by atoms with Gasteiger partial charge in [-0.3, -0.25) is 0 Å². The van der Waals surface area contributed by atoms with E-state index >= 15 is 0 Å². The smallest absolute Gasteiger partial charge is 1.00 e. The van der Waals surface area contributed by atoms with E-state index in [2.05, 4.69) is 139 Å². The van der Waals surface area contributed by atoms with Gasteiger partial charge in [0.2, 0.25) is 0 Å². The van der Waals surface area contributed by atoms with E-state index in [1.807, 2.05) is 11.1 Å². The van der Waals surface area contributed by atoms with E-state index in [1.54, 1.807) is 22.3 Å². The Labute approximate surface area is 374 Å². The van der Waals surface area contributed by atoms with Crippen molar-refractivity contribution in [2.45, 2.75) is 157 Å². The minimum Gasteiger partial charge on any atom is -1.00 e. The molecule has 4 aromatic rings. The summed E-state index contributed by atoms with van der Waals surface area (Å²) in [5.41, 5.74) is 19.6. The van der Waals surface area contributed by atoms with Crippen LogP contribution >= 0.6 is 0 Å². The molecule has 0 N–H and O–H groups in total. The van der Waals surface area contributed by atoms with Gasteiger partial charge in [-0.15, -0.1) is 0 Å². The van der Waals surface area contributed by atoms with Crippen molar-refractivity contribution in [1.82, 2.24) is 0 Å². The number of hydrogen-bond donors (Lipinski definition) is 0. The van der Waals surface area contributed by atoms with Crippen molar-refractivity contribution >= 4 is 12.2 Å². The van der Waals surface area contributed by atoms with Gasteiger partial charge in [-0.05, 0) is 0 Å². The number of benzene rings is 4. The van der Waals surface area contributed by atoms with Gasteiger partial charge in [0.15, 0.2) is 0 Å². The topological polar surface area (TPSA) is 0 Å². The molecule has 3 saturated carbocycles. The average molecular weight is 991 g/mol. The van der Waals surface area contributed by atoms with Gasteiger partial charge in [0.1, 0.15) is 0 Å². The van der Waals surface area contributed by atoms with E-state index in [4.69, 9.17) is 0 Å². The Balaban J connectivity index is 0.00000242. The third kappa shape index (κ3) is 7.50. The molecule has 3 heteroatoms. The fourth-order valence-electron chi connectivity index (χ4n) is 13.6. The van der Waals surface area contributed by atoms with Crippen LogP contribution in [-0.2, 0) is 30.8 Å². The number of halogens is 2. The SMILES string of the molecule is CC(C)(C)c1ccc(-c2cccc3c2C=C(C2CCCCC2)[CH]3[Hf+2]2([CH]3C(C4CCCCC4)=Cc4c(-c5ccc(C(C)(C)C)cc5)cccc43)[CH]3CCCC[CH]32)cc1.[Cl-].[Cl-]. The fraction of sp³-hybridized carbons (Fsp3) is 0.500. The minimum atomic E-state index is -3.40. The van der Waals surface area contributed by atoms with Crippen molar-refractivity contribution in [3.05, 3.63) is 129 Å². The van der Waals surface area contributed by atoms with Crippen molar-refractivity contribution in [2.24, 2.45) is 11.8 Å². The normalized spacial score (nSPS) is 25.7. The zero-order valence-corrected chi connectivity index (χ0v) is 42.0. The zero-order chi connectivity index (χ0) is 39.1. The molecule has 10 rings (SSSR count). The monoisotopic (exact) mass is 990 g/mol. The van der Waals surface area contributed by atoms with Crippen molar-refractivity contribution in [1.29, 1.82) is 0 Å². The van der Waals surface area contributed by atoms with Gasteiger partial charge >= 0.3 is 353 Å². The van der Waals surface area contributed by atoms with Gasteiger partial charge in [0, 0.05) is 0 Å². The number of hydrogen-bond acceptors (Lipinski definition) is 0. The van der Waals surface area contributed by atoms with Crippen molar-refractivity contribution < 1.29 is 44.8 Å². The number of rotatable bonds is 6. The van der Waals surface area contributed by atoms with Gasteiger partial charge in [-0.2, -0.15) is 0 Å². The maximum absolute atomic E-state index is 3.40. The Morgan fingerprint density at radius 3 is 1.14 bits per heavy atom. The van der Waals surface area contributed by atoms with Crippen LogP contribution < -0.4 is 24.8 Å². The van der Waals surface area contributed by atoms with E-state index in [0.29, 0.717) is 0 Å². The van der Waals surface area contributed by atoms with Crippen molar-refractivity contribution in [2.75, 3.05) is 0 Å². The van der Waals surface area contributed by atoms with Crippen LogP contribution in [0.3, 0.4) is 0 Å². The summed E-state index contributed by atoms with van der Waals surface area (Å²) in [4.78, 5) is 0. The van der Waals surface area contributed by atoms with Crippen LogP contribution in [-0.4, -0.2) is 0 Å². The van der Waals surface area contributed by atoms with Crippen molar-refractivity contribution in [3.63, 3.8) is 0 Å².